The number of rotatable bonds is 1. The van der Waals surface area contributed by atoms with E-state index in [1.165, 1.54) is 27.1 Å². The average Bonchev–Trinajstić information content (AvgIpc) is 2.58. The van der Waals surface area contributed by atoms with Crippen molar-refractivity contribution in [3.63, 3.8) is 0 Å². The van der Waals surface area contributed by atoms with Gasteiger partial charge in [0.05, 0.1) is 0 Å². The molecule has 2 aromatic rings. The molecule has 0 bridgehead atoms. The van der Waals surface area contributed by atoms with Crippen molar-refractivity contribution in [2.75, 3.05) is 5.73 Å². The second-order valence-corrected chi connectivity index (χ2v) is 5.07. The molecule has 2 rings (SSSR count). The molecule has 1 aromatic carbocycles. The summed E-state index contributed by atoms with van der Waals surface area (Å²) in [7, 11) is 0. The minimum Gasteiger partial charge on any atom is -0.399 e. The van der Waals surface area contributed by atoms with E-state index in [4.69, 9.17) is 5.73 Å². The lowest BCUT2D eigenvalue weighted by Crippen LogP contribution is -1.91. The fourth-order valence-electron chi connectivity index (χ4n) is 1.77. The highest BCUT2D eigenvalue weighted by Crippen LogP contribution is 2.31. The van der Waals surface area contributed by atoms with Gasteiger partial charge in [0.2, 0.25) is 0 Å². The normalized spacial score (nSPS) is 10.6. The van der Waals surface area contributed by atoms with Crippen molar-refractivity contribution in [2.45, 2.75) is 20.8 Å². The van der Waals surface area contributed by atoms with Gasteiger partial charge < -0.3 is 5.73 Å². The summed E-state index contributed by atoms with van der Waals surface area (Å²) in [5.41, 5.74) is 11.8. The van der Waals surface area contributed by atoms with Gasteiger partial charge in [-0.1, -0.05) is 0 Å². The molecule has 78 valence electrons. The minimum absolute atomic E-state index is 0.844. The number of benzene rings is 1. The van der Waals surface area contributed by atoms with Crippen LogP contribution in [-0.2, 0) is 0 Å². The summed E-state index contributed by atoms with van der Waals surface area (Å²) in [5.74, 6) is 0. The highest BCUT2D eigenvalue weighted by atomic mass is 32.1. The Bertz CT molecular complexity index is 497. The third kappa shape index (κ3) is 1.90. The summed E-state index contributed by atoms with van der Waals surface area (Å²) >= 11 is 1.78. The van der Waals surface area contributed by atoms with Crippen molar-refractivity contribution in [2.24, 2.45) is 0 Å². The molecule has 2 heteroatoms. The standard InChI is InChI=1S/C13H15NS/c1-8-4-12(14)6-13(10(8)3)11-5-9(2)15-7-11/h4-7H,14H2,1-3H3. The van der Waals surface area contributed by atoms with Gasteiger partial charge in [0.25, 0.3) is 0 Å². The maximum absolute atomic E-state index is 5.88. The van der Waals surface area contributed by atoms with Crippen LogP contribution in [0, 0.1) is 20.8 Å². The number of nitrogens with two attached hydrogens (primary N) is 1. The average molecular weight is 217 g/mol. The number of thiophene rings is 1. The van der Waals surface area contributed by atoms with Crippen molar-refractivity contribution in [1.29, 1.82) is 0 Å². The van der Waals surface area contributed by atoms with E-state index in [1.807, 2.05) is 6.07 Å². The maximum Gasteiger partial charge on any atom is 0.0323 e. The quantitative estimate of drug-likeness (QED) is 0.720. The predicted octanol–water partition coefficient (Wildman–Crippen LogP) is 3.92. The Morgan fingerprint density at radius 2 is 1.80 bits per heavy atom. The number of anilines is 1. The molecule has 15 heavy (non-hydrogen) atoms. The molecule has 1 aromatic heterocycles. The summed E-state index contributed by atoms with van der Waals surface area (Å²) in [6.07, 6.45) is 0. The third-order valence-electron chi connectivity index (χ3n) is 2.73. The maximum atomic E-state index is 5.88. The van der Waals surface area contributed by atoms with Crippen molar-refractivity contribution >= 4 is 17.0 Å². The molecule has 1 nitrogen and oxygen atoms in total. The fourth-order valence-corrected chi connectivity index (χ4v) is 2.47. The summed E-state index contributed by atoms with van der Waals surface area (Å²) in [4.78, 5) is 1.34. The first-order valence-electron chi connectivity index (χ1n) is 5.00. The number of aryl methyl sites for hydroxylation is 2. The molecule has 0 aliphatic heterocycles. The van der Waals surface area contributed by atoms with E-state index in [9.17, 15) is 0 Å². The van der Waals surface area contributed by atoms with E-state index in [0.29, 0.717) is 0 Å². The molecule has 0 amide bonds. The number of nitrogen functional groups attached to an aromatic ring is 1. The van der Waals surface area contributed by atoms with Crippen molar-refractivity contribution < 1.29 is 0 Å². The van der Waals surface area contributed by atoms with E-state index < -0.39 is 0 Å². The minimum atomic E-state index is 0.844. The van der Waals surface area contributed by atoms with Crippen LogP contribution in [-0.4, -0.2) is 0 Å². The zero-order valence-electron chi connectivity index (χ0n) is 9.29. The van der Waals surface area contributed by atoms with Crippen LogP contribution in [0.1, 0.15) is 16.0 Å². The Kier molecular flexibility index (Phi) is 2.53. The Hall–Kier alpha value is -1.28. The molecule has 0 radical (unpaired) electrons. The zero-order chi connectivity index (χ0) is 11.0. The van der Waals surface area contributed by atoms with Crippen LogP contribution in [0.3, 0.4) is 0 Å². The highest BCUT2D eigenvalue weighted by molar-refractivity contribution is 7.10. The molecule has 0 saturated carbocycles. The Morgan fingerprint density at radius 3 is 2.40 bits per heavy atom. The van der Waals surface area contributed by atoms with Gasteiger partial charge in [-0.3, -0.25) is 0 Å². The van der Waals surface area contributed by atoms with E-state index in [2.05, 4.69) is 38.3 Å². The second-order valence-electron chi connectivity index (χ2n) is 3.96. The summed E-state index contributed by atoms with van der Waals surface area (Å²) in [6.45, 7) is 6.38. The van der Waals surface area contributed by atoms with Crippen molar-refractivity contribution in [1.82, 2.24) is 0 Å². The highest BCUT2D eigenvalue weighted by Gasteiger charge is 2.06. The molecule has 1 heterocycles. The van der Waals surface area contributed by atoms with Crippen LogP contribution in [0.2, 0.25) is 0 Å². The van der Waals surface area contributed by atoms with Gasteiger partial charge in [0.15, 0.2) is 0 Å². The van der Waals surface area contributed by atoms with Crippen LogP contribution in [0.5, 0.6) is 0 Å². The van der Waals surface area contributed by atoms with E-state index >= 15 is 0 Å². The van der Waals surface area contributed by atoms with Gasteiger partial charge in [0, 0.05) is 10.6 Å². The fraction of sp³-hybridized carbons (Fsp3) is 0.231. The molecule has 2 N–H and O–H groups in total. The molecule has 0 fully saturated rings. The summed E-state index contributed by atoms with van der Waals surface area (Å²) < 4.78 is 0. The largest absolute Gasteiger partial charge is 0.399 e. The molecular weight excluding hydrogens is 202 g/mol. The molecule has 0 aliphatic rings. The molecule has 0 spiro atoms. The third-order valence-corrected chi connectivity index (χ3v) is 3.59. The predicted molar refractivity (Wildman–Crippen MR) is 68.4 cm³/mol. The first-order valence-corrected chi connectivity index (χ1v) is 5.88. The van der Waals surface area contributed by atoms with Crippen LogP contribution >= 0.6 is 11.3 Å². The molecule has 0 atom stereocenters. The van der Waals surface area contributed by atoms with Crippen LogP contribution in [0.4, 0.5) is 5.69 Å². The first kappa shape index (κ1) is 10.2. The Labute approximate surface area is 94.6 Å². The van der Waals surface area contributed by atoms with E-state index in [-0.39, 0.29) is 0 Å². The first-order chi connectivity index (χ1) is 7.08. The lowest BCUT2D eigenvalue weighted by molar-refractivity contribution is 1.34. The lowest BCUT2D eigenvalue weighted by Gasteiger charge is -2.08. The molecule has 0 unspecified atom stereocenters. The van der Waals surface area contributed by atoms with Gasteiger partial charge in [-0.05, 0) is 66.6 Å². The second kappa shape index (κ2) is 3.70. The van der Waals surface area contributed by atoms with Gasteiger partial charge in [-0.25, -0.2) is 0 Å². The van der Waals surface area contributed by atoms with Crippen molar-refractivity contribution in [3.05, 3.63) is 39.6 Å². The molecular formula is C13H15NS. The van der Waals surface area contributed by atoms with Crippen LogP contribution in [0.15, 0.2) is 23.6 Å². The SMILES string of the molecule is Cc1cc(-c2cc(N)cc(C)c2C)cs1. The van der Waals surface area contributed by atoms with Crippen LogP contribution in [0.25, 0.3) is 11.1 Å². The zero-order valence-corrected chi connectivity index (χ0v) is 10.1. The van der Waals surface area contributed by atoms with Crippen molar-refractivity contribution in [3.8, 4) is 11.1 Å². The monoisotopic (exact) mass is 217 g/mol. The molecule has 0 saturated heterocycles. The van der Waals surface area contributed by atoms with Gasteiger partial charge in [-0.15, -0.1) is 11.3 Å². The number of hydrogen-bond donors (Lipinski definition) is 1. The summed E-state index contributed by atoms with van der Waals surface area (Å²) in [6, 6.07) is 6.30. The lowest BCUT2D eigenvalue weighted by atomic mass is 9.98. The number of hydrogen-bond acceptors (Lipinski definition) is 2. The Balaban J connectivity index is 2.62. The Morgan fingerprint density at radius 1 is 1.07 bits per heavy atom. The molecule has 0 aliphatic carbocycles. The van der Waals surface area contributed by atoms with Gasteiger partial charge in [0.1, 0.15) is 0 Å². The smallest absolute Gasteiger partial charge is 0.0323 e. The van der Waals surface area contributed by atoms with Crippen LogP contribution < -0.4 is 5.73 Å². The van der Waals surface area contributed by atoms with Gasteiger partial charge in [-0.2, -0.15) is 0 Å². The van der Waals surface area contributed by atoms with Gasteiger partial charge >= 0.3 is 0 Å². The topological polar surface area (TPSA) is 26.0 Å². The summed E-state index contributed by atoms with van der Waals surface area (Å²) in [5, 5.41) is 2.19. The van der Waals surface area contributed by atoms with E-state index in [0.717, 1.165) is 5.69 Å². The van der Waals surface area contributed by atoms with E-state index in [1.54, 1.807) is 11.3 Å².